The van der Waals surface area contributed by atoms with Crippen LogP contribution in [0.3, 0.4) is 0 Å². The van der Waals surface area contributed by atoms with E-state index in [0.717, 1.165) is 18.2 Å². The molecule has 0 aliphatic heterocycles. The molecule has 3 aromatic rings. The Hall–Kier alpha value is -3.11. The Morgan fingerprint density at radius 2 is 1.97 bits per heavy atom. The molecule has 0 fully saturated rings. The molecule has 0 unspecified atom stereocenters. The van der Waals surface area contributed by atoms with Gasteiger partial charge in [0.05, 0.1) is 26.9 Å². The Morgan fingerprint density at radius 1 is 1.18 bits per heavy atom. The van der Waals surface area contributed by atoms with Crippen LogP contribution in [0.5, 0.6) is 0 Å². The van der Waals surface area contributed by atoms with Crippen LogP contribution >= 0.6 is 22.9 Å². The Morgan fingerprint density at radius 3 is 2.67 bits per heavy atom. The van der Waals surface area contributed by atoms with E-state index in [1.54, 1.807) is 24.4 Å². The maximum Gasteiger partial charge on any atom is 0.416 e. The lowest BCUT2D eigenvalue weighted by Gasteiger charge is -2.13. The zero-order valence-corrected chi connectivity index (χ0v) is 18.7. The Balaban J connectivity index is 1.59. The molecule has 0 atom stereocenters. The molecule has 2 amide bonds. The minimum Gasteiger partial charge on any atom is -0.455 e. The fraction of sp³-hybridized carbons (Fsp3) is 0.227. The van der Waals surface area contributed by atoms with Crippen molar-refractivity contribution in [3.63, 3.8) is 0 Å². The minimum atomic E-state index is -4.58. The van der Waals surface area contributed by atoms with Crippen molar-refractivity contribution < 1.29 is 27.2 Å². The molecule has 1 aromatic carbocycles. The van der Waals surface area contributed by atoms with Crippen LogP contribution in [-0.2, 0) is 12.6 Å². The number of nitrogens with zero attached hydrogens (tertiary/aromatic N) is 1. The van der Waals surface area contributed by atoms with Gasteiger partial charge >= 0.3 is 6.18 Å². The van der Waals surface area contributed by atoms with Crippen LogP contribution in [0.25, 0.3) is 0 Å². The number of hydrogen-bond acceptors (Lipinski definition) is 5. The molecule has 0 bridgehead atoms. The Bertz CT molecular complexity index is 1250. The zero-order chi connectivity index (χ0) is 23.8. The second-order valence-electron chi connectivity index (χ2n) is 7.33. The smallest absolute Gasteiger partial charge is 0.416 e. The van der Waals surface area contributed by atoms with Gasteiger partial charge in [0.1, 0.15) is 5.76 Å². The number of halogens is 4. The lowest BCUT2D eigenvalue weighted by Crippen LogP contribution is -2.21. The third-order valence-electron chi connectivity index (χ3n) is 5.11. The van der Waals surface area contributed by atoms with Crippen LogP contribution in [0.2, 0.25) is 5.02 Å². The van der Waals surface area contributed by atoms with Crippen molar-refractivity contribution in [3.05, 3.63) is 73.8 Å². The number of hydrazone groups is 1. The van der Waals surface area contributed by atoms with Gasteiger partial charge < -0.3 is 9.73 Å². The molecule has 0 radical (unpaired) electrons. The van der Waals surface area contributed by atoms with Crippen molar-refractivity contribution in [1.82, 2.24) is 5.43 Å². The van der Waals surface area contributed by atoms with Crippen molar-refractivity contribution in [3.8, 4) is 0 Å². The molecule has 0 saturated heterocycles. The van der Waals surface area contributed by atoms with Crippen LogP contribution in [0, 0.1) is 6.92 Å². The molecule has 33 heavy (non-hydrogen) atoms. The molecule has 1 aliphatic rings. The molecule has 2 heterocycles. The summed E-state index contributed by atoms with van der Waals surface area (Å²) in [6.45, 7) is 1.66. The first-order valence-electron chi connectivity index (χ1n) is 9.86. The summed E-state index contributed by atoms with van der Waals surface area (Å²) in [7, 11) is 0. The molecule has 1 aliphatic carbocycles. The van der Waals surface area contributed by atoms with Gasteiger partial charge in [-0.05, 0) is 49.4 Å². The van der Waals surface area contributed by atoms with E-state index in [0.29, 0.717) is 46.7 Å². The highest BCUT2D eigenvalue weighted by Gasteiger charge is 2.32. The first kappa shape index (κ1) is 23.1. The number of carbonyl (C=O) groups is 2. The van der Waals surface area contributed by atoms with Gasteiger partial charge in [0.25, 0.3) is 11.8 Å². The number of fused-ring (bicyclic) bond motifs is 1. The van der Waals surface area contributed by atoms with Gasteiger partial charge in [-0.25, -0.2) is 5.43 Å². The second-order valence-corrected chi connectivity index (χ2v) is 8.69. The van der Waals surface area contributed by atoms with Gasteiger partial charge in [-0.15, -0.1) is 11.3 Å². The lowest BCUT2D eigenvalue weighted by atomic mass is 9.93. The van der Waals surface area contributed by atoms with Gasteiger partial charge in [-0.1, -0.05) is 17.7 Å². The molecule has 172 valence electrons. The summed E-state index contributed by atoms with van der Waals surface area (Å²) in [6.07, 6.45) is -2.75. The number of alkyl halides is 3. The topological polar surface area (TPSA) is 83.7 Å². The molecule has 0 spiro atoms. The van der Waals surface area contributed by atoms with E-state index in [4.69, 9.17) is 16.0 Å². The molecular formula is C22H17ClF3N3O3S. The first-order chi connectivity index (χ1) is 15.6. The summed E-state index contributed by atoms with van der Waals surface area (Å²) >= 11 is 7.27. The average molecular weight is 496 g/mol. The zero-order valence-electron chi connectivity index (χ0n) is 17.2. The van der Waals surface area contributed by atoms with Crippen LogP contribution in [0.1, 0.15) is 55.5 Å². The maximum atomic E-state index is 13.0. The van der Waals surface area contributed by atoms with E-state index in [2.05, 4.69) is 15.8 Å². The maximum absolute atomic E-state index is 13.0. The number of amides is 2. The fourth-order valence-corrected chi connectivity index (χ4v) is 4.33. The third kappa shape index (κ3) is 4.81. The highest BCUT2D eigenvalue weighted by Crippen LogP contribution is 2.35. The number of rotatable bonds is 4. The molecule has 4 rings (SSSR count). The summed E-state index contributed by atoms with van der Waals surface area (Å²) in [5.41, 5.74) is 3.07. The third-order valence-corrected chi connectivity index (χ3v) is 6.31. The number of aryl methyl sites for hydroxylation is 1. The molecule has 2 aromatic heterocycles. The molecule has 6 nitrogen and oxygen atoms in total. The number of carbonyl (C=O) groups excluding carboxylic acids is 2. The Kier molecular flexibility index (Phi) is 6.31. The van der Waals surface area contributed by atoms with E-state index < -0.39 is 17.6 Å². The van der Waals surface area contributed by atoms with Gasteiger partial charge in [0.15, 0.2) is 5.76 Å². The van der Waals surface area contributed by atoms with Crippen LogP contribution < -0.4 is 10.7 Å². The summed E-state index contributed by atoms with van der Waals surface area (Å²) in [5, 5.41) is 8.38. The molecular weight excluding hydrogens is 479 g/mol. The fourth-order valence-electron chi connectivity index (χ4n) is 3.55. The SMILES string of the molecule is Cc1c(C(=O)Nc2cc(C(F)(F)F)ccc2Cl)oc2c1/C(=N/NC(=O)c1cccs1)CCC2. The van der Waals surface area contributed by atoms with E-state index in [9.17, 15) is 22.8 Å². The highest BCUT2D eigenvalue weighted by molar-refractivity contribution is 7.12. The molecule has 0 saturated carbocycles. The van der Waals surface area contributed by atoms with Crippen LogP contribution in [0.15, 0.2) is 45.2 Å². The van der Waals surface area contributed by atoms with E-state index in [1.165, 1.54) is 11.3 Å². The normalized spacial score (nSPS) is 14.8. The number of thiophene rings is 1. The quantitative estimate of drug-likeness (QED) is 0.432. The second kappa shape index (κ2) is 9.03. The van der Waals surface area contributed by atoms with E-state index in [-0.39, 0.29) is 22.4 Å². The summed E-state index contributed by atoms with van der Waals surface area (Å²) in [6, 6.07) is 6.11. The number of nitrogens with one attached hydrogen (secondary N) is 2. The van der Waals surface area contributed by atoms with Crippen LogP contribution in [0.4, 0.5) is 18.9 Å². The molecule has 11 heteroatoms. The van der Waals surface area contributed by atoms with Crippen molar-refractivity contribution in [2.45, 2.75) is 32.4 Å². The largest absolute Gasteiger partial charge is 0.455 e. The molecule has 2 N–H and O–H groups in total. The lowest BCUT2D eigenvalue weighted by molar-refractivity contribution is -0.137. The van der Waals surface area contributed by atoms with Gasteiger partial charge in [0, 0.05) is 17.5 Å². The minimum absolute atomic E-state index is 0.0381. The highest BCUT2D eigenvalue weighted by atomic mass is 35.5. The average Bonchev–Trinajstić information content (AvgIpc) is 3.41. The Labute approximate surface area is 195 Å². The van der Waals surface area contributed by atoms with Crippen molar-refractivity contribution >= 4 is 46.2 Å². The number of anilines is 1. The number of furan rings is 1. The van der Waals surface area contributed by atoms with Crippen molar-refractivity contribution in [1.29, 1.82) is 0 Å². The summed E-state index contributed by atoms with van der Waals surface area (Å²) in [4.78, 5) is 25.6. The van der Waals surface area contributed by atoms with Crippen molar-refractivity contribution in [2.24, 2.45) is 5.10 Å². The van der Waals surface area contributed by atoms with E-state index in [1.807, 2.05) is 0 Å². The van der Waals surface area contributed by atoms with Gasteiger partial charge in [-0.2, -0.15) is 18.3 Å². The van der Waals surface area contributed by atoms with Crippen LogP contribution in [-0.4, -0.2) is 17.5 Å². The predicted molar refractivity (Wildman–Crippen MR) is 119 cm³/mol. The van der Waals surface area contributed by atoms with E-state index >= 15 is 0 Å². The van der Waals surface area contributed by atoms with Gasteiger partial charge in [0.2, 0.25) is 0 Å². The first-order valence-corrected chi connectivity index (χ1v) is 11.1. The monoisotopic (exact) mass is 495 g/mol. The summed E-state index contributed by atoms with van der Waals surface area (Å²) in [5.74, 6) is -0.594. The number of hydrogen-bond donors (Lipinski definition) is 2. The van der Waals surface area contributed by atoms with Gasteiger partial charge in [-0.3, -0.25) is 9.59 Å². The van der Waals surface area contributed by atoms with Crippen molar-refractivity contribution in [2.75, 3.05) is 5.32 Å². The number of benzene rings is 1. The standard InChI is InChI=1S/C22H17ClF3N3O3S/c1-11-18-14(28-29-20(30)17-6-3-9-33-17)4-2-5-16(18)32-19(11)21(31)27-15-10-12(22(24,25)26)7-8-13(15)23/h3,6-10H,2,4-5H2,1H3,(H,27,31)(H,29,30)/b28-14+. The predicted octanol–water partition coefficient (Wildman–Crippen LogP) is 6.04. The summed E-state index contributed by atoms with van der Waals surface area (Å²) < 4.78 is 44.8.